The van der Waals surface area contributed by atoms with Gasteiger partial charge in [-0.1, -0.05) is 0 Å². The van der Waals surface area contributed by atoms with E-state index in [2.05, 4.69) is 4.98 Å². The van der Waals surface area contributed by atoms with Gasteiger partial charge in [-0.2, -0.15) is 0 Å². The highest BCUT2D eigenvalue weighted by Gasteiger charge is 2.18. The zero-order valence-corrected chi connectivity index (χ0v) is 9.71. The number of carboxylic acids is 1. The molecule has 0 aromatic carbocycles. The predicted octanol–water partition coefficient (Wildman–Crippen LogP) is 1.64. The smallest absolute Gasteiger partial charge is 0.348 e. The molecule has 2 rings (SSSR count). The van der Waals surface area contributed by atoms with Gasteiger partial charge in [-0.15, -0.1) is 11.3 Å². The molecule has 2 aromatic rings. The number of hydrogen-bond donors (Lipinski definition) is 2. The summed E-state index contributed by atoms with van der Waals surface area (Å²) < 4.78 is 0. The van der Waals surface area contributed by atoms with Gasteiger partial charge in [0, 0.05) is 20.3 Å². The Morgan fingerprint density at radius 3 is 2.81 bits per heavy atom. The molecule has 6 heteroatoms. The molecule has 0 aliphatic carbocycles. The lowest BCUT2D eigenvalue weighted by Crippen LogP contribution is -2.09. The number of anilines is 2. The van der Waals surface area contributed by atoms with Gasteiger partial charge < -0.3 is 15.7 Å². The zero-order chi connectivity index (χ0) is 11.9. The predicted molar refractivity (Wildman–Crippen MR) is 65.3 cm³/mol. The summed E-state index contributed by atoms with van der Waals surface area (Å²) in [4.78, 5) is 17.8. The maximum Gasteiger partial charge on any atom is 0.348 e. The van der Waals surface area contributed by atoms with Gasteiger partial charge >= 0.3 is 5.97 Å². The van der Waals surface area contributed by atoms with E-state index >= 15 is 0 Å². The van der Waals surface area contributed by atoms with E-state index < -0.39 is 5.97 Å². The van der Waals surface area contributed by atoms with Crippen LogP contribution in [0.5, 0.6) is 0 Å². The second-order valence-electron chi connectivity index (χ2n) is 3.55. The SMILES string of the molecule is CN(C)c1ccnc2sc(C(=O)O)c(N)c12. The molecule has 0 atom stereocenters. The van der Waals surface area contributed by atoms with Gasteiger partial charge in [0.05, 0.1) is 16.8 Å². The van der Waals surface area contributed by atoms with Crippen LogP contribution < -0.4 is 10.6 Å². The molecule has 0 aliphatic rings. The molecule has 0 radical (unpaired) electrons. The summed E-state index contributed by atoms with van der Waals surface area (Å²) in [5.74, 6) is -1.01. The van der Waals surface area contributed by atoms with Crippen molar-refractivity contribution in [1.82, 2.24) is 4.98 Å². The number of nitrogens with zero attached hydrogens (tertiary/aromatic N) is 2. The minimum Gasteiger partial charge on any atom is -0.477 e. The molecular weight excluding hydrogens is 226 g/mol. The second-order valence-corrected chi connectivity index (χ2v) is 4.55. The van der Waals surface area contributed by atoms with E-state index in [0.29, 0.717) is 10.5 Å². The van der Waals surface area contributed by atoms with Crippen molar-refractivity contribution in [3.8, 4) is 0 Å². The summed E-state index contributed by atoms with van der Waals surface area (Å²) in [6, 6.07) is 1.82. The molecule has 0 aliphatic heterocycles. The molecule has 84 valence electrons. The van der Waals surface area contributed by atoms with Crippen LogP contribution >= 0.6 is 11.3 Å². The van der Waals surface area contributed by atoms with Crippen molar-refractivity contribution in [1.29, 1.82) is 0 Å². The van der Waals surface area contributed by atoms with E-state index in [4.69, 9.17) is 10.8 Å². The lowest BCUT2D eigenvalue weighted by atomic mass is 10.2. The number of hydrogen-bond acceptors (Lipinski definition) is 5. The first-order valence-electron chi connectivity index (χ1n) is 4.60. The van der Waals surface area contributed by atoms with E-state index in [1.165, 1.54) is 0 Å². The molecule has 2 aromatic heterocycles. The maximum atomic E-state index is 11.0. The van der Waals surface area contributed by atoms with Crippen LogP contribution in [0.15, 0.2) is 12.3 Å². The van der Waals surface area contributed by atoms with Gasteiger partial charge in [-0.25, -0.2) is 9.78 Å². The first-order chi connectivity index (χ1) is 7.52. The Morgan fingerprint density at radius 1 is 1.56 bits per heavy atom. The zero-order valence-electron chi connectivity index (χ0n) is 8.89. The van der Waals surface area contributed by atoms with Crippen LogP contribution in [0, 0.1) is 0 Å². The number of pyridine rings is 1. The van der Waals surface area contributed by atoms with Crippen LogP contribution in [0.3, 0.4) is 0 Å². The van der Waals surface area contributed by atoms with Gasteiger partial charge in [0.25, 0.3) is 0 Å². The first-order valence-corrected chi connectivity index (χ1v) is 5.41. The Morgan fingerprint density at radius 2 is 2.25 bits per heavy atom. The van der Waals surface area contributed by atoms with Crippen molar-refractivity contribution < 1.29 is 9.90 Å². The fourth-order valence-electron chi connectivity index (χ4n) is 1.56. The van der Waals surface area contributed by atoms with Gasteiger partial charge in [0.2, 0.25) is 0 Å². The lowest BCUT2D eigenvalue weighted by molar-refractivity contribution is 0.0703. The fourth-order valence-corrected chi connectivity index (χ4v) is 2.48. The van der Waals surface area contributed by atoms with E-state index in [1.807, 2.05) is 25.1 Å². The lowest BCUT2D eigenvalue weighted by Gasteiger charge is -2.13. The Kier molecular flexibility index (Phi) is 2.43. The van der Waals surface area contributed by atoms with Gasteiger partial charge in [0.15, 0.2) is 0 Å². The van der Waals surface area contributed by atoms with Crippen LogP contribution in [0.1, 0.15) is 9.67 Å². The minimum absolute atomic E-state index is 0.150. The highest BCUT2D eigenvalue weighted by Crippen LogP contribution is 2.37. The van der Waals surface area contributed by atoms with E-state index in [0.717, 1.165) is 22.4 Å². The molecule has 16 heavy (non-hydrogen) atoms. The summed E-state index contributed by atoms with van der Waals surface area (Å²) in [5.41, 5.74) is 7.02. The molecule has 0 saturated heterocycles. The number of nitrogens with two attached hydrogens (primary N) is 1. The number of aromatic nitrogens is 1. The normalized spacial score (nSPS) is 10.6. The molecule has 0 fully saturated rings. The van der Waals surface area contributed by atoms with Crippen molar-refractivity contribution in [3.63, 3.8) is 0 Å². The van der Waals surface area contributed by atoms with E-state index in [9.17, 15) is 4.79 Å². The van der Waals surface area contributed by atoms with Crippen molar-refractivity contribution in [3.05, 3.63) is 17.1 Å². The van der Waals surface area contributed by atoms with Gasteiger partial charge in [0.1, 0.15) is 9.71 Å². The number of aromatic carboxylic acids is 1. The largest absolute Gasteiger partial charge is 0.477 e. The van der Waals surface area contributed by atoms with Crippen molar-refractivity contribution in [2.75, 3.05) is 24.7 Å². The number of carboxylic acid groups (broad SMARTS) is 1. The van der Waals surface area contributed by atoms with Crippen LogP contribution in [0.25, 0.3) is 10.2 Å². The molecule has 0 saturated carbocycles. The van der Waals surface area contributed by atoms with E-state index in [1.54, 1.807) is 6.20 Å². The summed E-state index contributed by atoms with van der Waals surface area (Å²) >= 11 is 1.10. The quantitative estimate of drug-likeness (QED) is 0.830. The van der Waals surface area contributed by atoms with Crippen molar-refractivity contribution in [2.45, 2.75) is 0 Å². The van der Waals surface area contributed by atoms with Crippen molar-refractivity contribution in [2.24, 2.45) is 0 Å². The number of carbonyl (C=O) groups is 1. The number of nitrogen functional groups attached to an aromatic ring is 1. The Hall–Kier alpha value is -1.82. The average molecular weight is 237 g/mol. The first kappa shape index (κ1) is 10.7. The summed E-state index contributed by atoms with van der Waals surface area (Å²) in [6.07, 6.45) is 1.65. The van der Waals surface area contributed by atoms with Crippen LogP contribution in [0.2, 0.25) is 0 Å². The minimum atomic E-state index is -1.01. The second kappa shape index (κ2) is 3.64. The fraction of sp³-hybridized carbons (Fsp3) is 0.200. The number of rotatable bonds is 2. The van der Waals surface area contributed by atoms with Gasteiger partial charge in [-0.05, 0) is 6.07 Å². The standard InChI is InChI=1S/C10H11N3O2S/c1-13(2)5-3-4-12-9-6(5)7(11)8(16-9)10(14)15/h3-4H,11H2,1-2H3,(H,14,15). The molecule has 0 bridgehead atoms. The highest BCUT2D eigenvalue weighted by atomic mass is 32.1. The molecule has 5 nitrogen and oxygen atoms in total. The van der Waals surface area contributed by atoms with Gasteiger partial charge in [-0.3, -0.25) is 0 Å². The van der Waals surface area contributed by atoms with Crippen molar-refractivity contribution >= 4 is 38.9 Å². The summed E-state index contributed by atoms with van der Waals surface area (Å²) in [6.45, 7) is 0. The van der Waals surface area contributed by atoms with Crippen LogP contribution in [-0.4, -0.2) is 30.2 Å². The molecule has 3 N–H and O–H groups in total. The Bertz CT molecular complexity index is 562. The monoisotopic (exact) mass is 237 g/mol. The van der Waals surface area contributed by atoms with Crippen LogP contribution in [0.4, 0.5) is 11.4 Å². The topological polar surface area (TPSA) is 79.5 Å². The number of fused-ring (bicyclic) bond motifs is 1. The third-order valence-electron chi connectivity index (χ3n) is 2.28. The molecule has 0 spiro atoms. The highest BCUT2D eigenvalue weighted by molar-refractivity contribution is 7.21. The Balaban J connectivity index is 2.82. The maximum absolute atomic E-state index is 11.0. The number of thiophene rings is 1. The van der Waals surface area contributed by atoms with E-state index in [-0.39, 0.29) is 4.88 Å². The van der Waals surface area contributed by atoms with Crippen LogP contribution in [-0.2, 0) is 0 Å². The third-order valence-corrected chi connectivity index (χ3v) is 3.38. The Labute approximate surface area is 96.1 Å². The summed E-state index contributed by atoms with van der Waals surface area (Å²) in [7, 11) is 3.76. The molecular formula is C10H11N3O2S. The third kappa shape index (κ3) is 1.47. The summed E-state index contributed by atoms with van der Waals surface area (Å²) in [5, 5.41) is 9.70. The average Bonchev–Trinajstić information content (AvgIpc) is 2.56. The molecule has 2 heterocycles. The molecule has 0 amide bonds. The molecule has 0 unspecified atom stereocenters.